The maximum Gasteiger partial charge on any atom is 0.261 e. The van der Waals surface area contributed by atoms with Crippen LogP contribution in [-0.2, 0) is 16.4 Å². The molecule has 1 aromatic heterocycles. The van der Waals surface area contributed by atoms with Gasteiger partial charge in [-0.15, -0.1) is 0 Å². The van der Waals surface area contributed by atoms with Crippen LogP contribution in [0.3, 0.4) is 0 Å². The van der Waals surface area contributed by atoms with Gasteiger partial charge in [0.25, 0.3) is 10.0 Å². The number of hydrogen-bond acceptors (Lipinski definition) is 4. The quantitative estimate of drug-likeness (QED) is 0.768. The Bertz CT molecular complexity index is 655. The lowest BCUT2D eigenvalue weighted by Crippen LogP contribution is -2.13. The second-order valence-corrected chi connectivity index (χ2v) is 6.38. The van der Waals surface area contributed by atoms with E-state index >= 15 is 0 Å². The summed E-state index contributed by atoms with van der Waals surface area (Å²) in [7, 11) is -1.64. The third kappa shape index (κ3) is 4.54. The molecule has 2 aromatic rings. The van der Waals surface area contributed by atoms with E-state index in [9.17, 15) is 8.42 Å². The number of rotatable bonds is 7. The van der Waals surface area contributed by atoms with Gasteiger partial charge in [-0.1, -0.05) is 12.1 Å². The van der Waals surface area contributed by atoms with Crippen molar-refractivity contribution in [3.8, 4) is 0 Å². The number of pyridine rings is 1. The van der Waals surface area contributed by atoms with E-state index < -0.39 is 10.0 Å². The second kappa shape index (κ2) is 7.19. The molecule has 0 fully saturated rings. The summed E-state index contributed by atoms with van der Waals surface area (Å²) < 4.78 is 27.0. The molecule has 5 nitrogen and oxygen atoms in total. The van der Waals surface area contributed by atoms with Gasteiger partial charge in [0.1, 0.15) is 0 Å². The molecular formula is C15H19N3O2S. The molecule has 0 bridgehead atoms. The minimum atomic E-state index is -3.56. The molecule has 0 aliphatic carbocycles. The summed E-state index contributed by atoms with van der Waals surface area (Å²) in [5, 5.41) is 3.09. The lowest BCUT2D eigenvalue weighted by Gasteiger charge is -2.08. The fourth-order valence-electron chi connectivity index (χ4n) is 1.94. The van der Waals surface area contributed by atoms with E-state index in [-0.39, 0.29) is 4.90 Å². The molecule has 0 aliphatic rings. The van der Waals surface area contributed by atoms with Crippen LogP contribution in [-0.4, -0.2) is 27.0 Å². The molecule has 0 saturated heterocycles. The van der Waals surface area contributed by atoms with Crippen LogP contribution in [0.1, 0.15) is 12.0 Å². The Labute approximate surface area is 125 Å². The van der Waals surface area contributed by atoms with Gasteiger partial charge in [-0.05, 0) is 56.3 Å². The van der Waals surface area contributed by atoms with Gasteiger partial charge in [0, 0.05) is 6.20 Å². The van der Waals surface area contributed by atoms with Crippen LogP contribution in [0.4, 0.5) is 5.69 Å². The van der Waals surface area contributed by atoms with Crippen LogP contribution in [0.2, 0.25) is 0 Å². The van der Waals surface area contributed by atoms with E-state index in [1.165, 1.54) is 6.20 Å². The minimum absolute atomic E-state index is 0.253. The fraction of sp³-hybridized carbons (Fsp3) is 0.267. The normalized spacial score (nSPS) is 11.3. The third-order valence-electron chi connectivity index (χ3n) is 3.04. The molecule has 0 spiro atoms. The first-order valence-corrected chi connectivity index (χ1v) is 8.26. The van der Waals surface area contributed by atoms with Crippen molar-refractivity contribution in [2.45, 2.75) is 17.7 Å². The van der Waals surface area contributed by atoms with Gasteiger partial charge in [-0.3, -0.25) is 9.71 Å². The smallest absolute Gasteiger partial charge is 0.261 e. The summed E-state index contributed by atoms with van der Waals surface area (Å²) in [6, 6.07) is 10.3. The van der Waals surface area contributed by atoms with Gasteiger partial charge in [0.2, 0.25) is 0 Å². The van der Waals surface area contributed by atoms with Gasteiger partial charge in [-0.2, -0.15) is 0 Å². The first-order chi connectivity index (χ1) is 10.1. The third-order valence-corrected chi connectivity index (χ3v) is 4.44. The highest BCUT2D eigenvalue weighted by Gasteiger charge is 2.13. The minimum Gasteiger partial charge on any atom is -0.320 e. The number of hydrogen-bond donors (Lipinski definition) is 2. The SMILES string of the molecule is CNCCCc1ccc(S(=O)(=O)Nc2cccnc2)cc1. The predicted octanol–water partition coefficient (Wildman–Crippen LogP) is 2.03. The number of nitrogens with zero attached hydrogens (tertiary/aromatic N) is 1. The molecule has 6 heteroatoms. The number of benzene rings is 1. The van der Waals surface area contributed by atoms with Crippen molar-refractivity contribution in [2.24, 2.45) is 0 Å². The summed E-state index contributed by atoms with van der Waals surface area (Å²) >= 11 is 0. The van der Waals surface area contributed by atoms with Crippen molar-refractivity contribution in [3.05, 3.63) is 54.4 Å². The highest BCUT2D eigenvalue weighted by Crippen LogP contribution is 2.16. The van der Waals surface area contributed by atoms with Gasteiger partial charge in [0.15, 0.2) is 0 Å². The van der Waals surface area contributed by atoms with Gasteiger partial charge >= 0.3 is 0 Å². The maximum atomic E-state index is 12.2. The number of sulfonamides is 1. The molecule has 0 saturated carbocycles. The Balaban J connectivity index is 2.06. The molecule has 21 heavy (non-hydrogen) atoms. The Morgan fingerprint density at radius 2 is 1.90 bits per heavy atom. The van der Waals surface area contributed by atoms with Crippen molar-refractivity contribution in [1.82, 2.24) is 10.3 Å². The topological polar surface area (TPSA) is 71.1 Å². The molecule has 0 amide bonds. The second-order valence-electron chi connectivity index (χ2n) is 4.70. The Morgan fingerprint density at radius 3 is 2.52 bits per heavy atom. The first kappa shape index (κ1) is 15.5. The molecule has 0 atom stereocenters. The number of aromatic nitrogens is 1. The van der Waals surface area contributed by atoms with Crippen LogP contribution in [0.25, 0.3) is 0 Å². The Hall–Kier alpha value is -1.92. The van der Waals surface area contributed by atoms with E-state index in [1.54, 1.807) is 30.5 Å². The lowest BCUT2D eigenvalue weighted by atomic mass is 10.1. The van der Waals surface area contributed by atoms with E-state index in [0.717, 1.165) is 24.9 Å². The molecule has 2 rings (SSSR count). The highest BCUT2D eigenvalue weighted by molar-refractivity contribution is 7.92. The average molecular weight is 305 g/mol. The summed E-state index contributed by atoms with van der Waals surface area (Å²) in [6.45, 7) is 0.947. The zero-order chi connectivity index (χ0) is 15.1. The predicted molar refractivity (Wildman–Crippen MR) is 83.7 cm³/mol. The molecule has 0 aliphatic heterocycles. The Morgan fingerprint density at radius 1 is 1.14 bits per heavy atom. The molecule has 112 valence electrons. The summed E-state index contributed by atoms with van der Waals surface area (Å²) in [5.74, 6) is 0. The monoisotopic (exact) mass is 305 g/mol. The summed E-state index contributed by atoms with van der Waals surface area (Å²) in [4.78, 5) is 4.14. The fourth-order valence-corrected chi connectivity index (χ4v) is 2.99. The van der Waals surface area contributed by atoms with E-state index in [1.807, 2.05) is 19.2 Å². The van der Waals surface area contributed by atoms with E-state index in [0.29, 0.717) is 5.69 Å². The van der Waals surface area contributed by atoms with Crippen molar-refractivity contribution in [3.63, 3.8) is 0 Å². The molecule has 1 aromatic carbocycles. The standard InChI is InChI=1S/C15H19N3O2S/c1-16-10-2-4-13-6-8-15(9-7-13)21(19,20)18-14-5-3-11-17-12-14/h3,5-9,11-12,16,18H,2,4,10H2,1H3. The first-order valence-electron chi connectivity index (χ1n) is 6.78. The summed E-state index contributed by atoms with van der Waals surface area (Å²) in [5.41, 5.74) is 1.58. The lowest BCUT2D eigenvalue weighted by molar-refractivity contribution is 0.601. The maximum absolute atomic E-state index is 12.2. The largest absolute Gasteiger partial charge is 0.320 e. The van der Waals surface area contributed by atoms with Crippen LogP contribution in [0.15, 0.2) is 53.7 Å². The van der Waals surface area contributed by atoms with Crippen molar-refractivity contribution in [2.75, 3.05) is 18.3 Å². The van der Waals surface area contributed by atoms with Gasteiger partial charge in [-0.25, -0.2) is 8.42 Å². The van der Waals surface area contributed by atoms with E-state index in [4.69, 9.17) is 0 Å². The van der Waals surface area contributed by atoms with Crippen LogP contribution < -0.4 is 10.0 Å². The molecule has 0 unspecified atom stereocenters. The van der Waals surface area contributed by atoms with Crippen LogP contribution >= 0.6 is 0 Å². The van der Waals surface area contributed by atoms with Crippen molar-refractivity contribution < 1.29 is 8.42 Å². The van der Waals surface area contributed by atoms with Crippen molar-refractivity contribution in [1.29, 1.82) is 0 Å². The number of nitrogens with one attached hydrogen (secondary N) is 2. The number of anilines is 1. The van der Waals surface area contributed by atoms with E-state index in [2.05, 4.69) is 15.0 Å². The highest BCUT2D eigenvalue weighted by atomic mass is 32.2. The zero-order valence-corrected chi connectivity index (χ0v) is 12.7. The molecule has 1 heterocycles. The van der Waals surface area contributed by atoms with Crippen molar-refractivity contribution >= 4 is 15.7 Å². The van der Waals surface area contributed by atoms with Gasteiger partial charge in [0.05, 0.1) is 16.8 Å². The molecule has 2 N–H and O–H groups in total. The molecular weight excluding hydrogens is 286 g/mol. The number of aryl methyl sites for hydroxylation is 1. The zero-order valence-electron chi connectivity index (χ0n) is 11.9. The summed E-state index contributed by atoms with van der Waals surface area (Å²) in [6.07, 6.45) is 5.02. The van der Waals surface area contributed by atoms with Gasteiger partial charge < -0.3 is 5.32 Å². The van der Waals surface area contributed by atoms with Crippen LogP contribution in [0.5, 0.6) is 0 Å². The average Bonchev–Trinajstić information content (AvgIpc) is 2.49. The molecule has 0 radical (unpaired) electrons. The van der Waals surface area contributed by atoms with Crippen LogP contribution in [0, 0.1) is 0 Å². The Kier molecular flexibility index (Phi) is 5.30.